The molecular weight excluding hydrogens is 182 g/mol. The molecule has 2 atom stereocenters. The second-order valence-electron chi connectivity index (χ2n) is 2.59. The third-order valence-electron chi connectivity index (χ3n) is 1.78. The van der Waals surface area contributed by atoms with Crippen LogP contribution in [0.4, 0.5) is 8.78 Å². The van der Waals surface area contributed by atoms with Crippen LogP contribution < -0.4 is 0 Å². The van der Waals surface area contributed by atoms with Crippen molar-refractivity contribution >= 4 is 6.29 Å². The number of halogens is 2. The van der Waals surface area contributed by atoms with Gasteiger partial charge >= 0.3 is 0 Å². The van der Waals surface area contributed by atoms with Gasteiger partial charge in [0.1, 0.15) is 6.29 Å². The first-order valence-corrected chi connectivity index (χ1v) is 3.51. The van der Waals surface area contributed by atoms with E-state index in [4.69, 9.17) is 5.11 Å². The molecule has 0 saturated heterocycles. The fraction of sp³-hybridized carbons (Fsp3) is 0.375. The van der Waals surface area contributed by atoms with E-state index < -0.39 is 17.8 Å². The molecule has 0 amide bonds. The van der Waals surface area contributed by atoms with Crippen molar-refractivity contribution in [2.24, 2.45) is 0 Å². The van der Waals surface area contributed by atoms with Crippen molar-refractivity contribution in [3.05, 3.63) is 23.6 Å². The standard InChI is InChI=1S/C8H8F2O3/c1-13-7-5(4-11)2-3-6(9)8(7,10)12/h2-4,7,12H,1H3. The predicted molar refractivity (Wildman–Crippen MR) is 40.2 cm³/mol. The molecule has 72 valence electrons. The van der Waals surface area contributed by atoms with Gasteiger partial charge in [0, 0.05) is 12.7 Å². The van der Waals surface area contributed by atoms with Crippen LogP contribution in [0.5, 0.6) is 0 Å². The van der Waals surface area contributed by atoms with Crippen LogP contribution >= 0.6 is 0 Å². The van der Waals surface area contributed by atoms with E-state index in [0.29, 0.717) is 12.4 Å². The van der Waals surface area contributed by atoms with Crippen LogP contribution in [0.25, 0.3) is 0 Å². The van der Waals surface area contributed by atoms with Gasteiger partial charge in [-0.25, -0.2) is 8.78 Å². The van der Waals surface area contributed by atoms with Gasteiger partial charge in [0.15, 0.2) is 11.9 Å². The van der Waals surface area contributed by atoms with Gasteiger partial charge in [0.2, 0.25) is 0 Å². The minimum absolute atomic E-state index is 0.145. The molecule has 0 radical (unpaired) electrons. The first-order valence-electron chi connectivity index (χ1n) is 3.51. The smallest absolute Gasteiger partial charge is 0.290 e. The van der Waals surface area contributed by atoms with Crippen molar-refractivity contribution in [3.8, 4) is 0 Å². The molecule has 1 rings (SSSR count). The Kier molecular flexibility index (Phi) is 2.58. The topological polar surface area (TPSA) is 46.5 Å². The summed E-state index contributed by atoms with van der Waals surface area (Å²) in [4.78, 5) is 10.3. The van der Waals surface area contributed by atoms with Crippen molar-refractivity contribution in [3.63, 3.8) is 0 Å². The molecule has 0 bridgehead atoms. The lowest BCUT2D eigenvalue weighted by Gasteiger charge is -2.28. The van der Waals surface area contributed by atoms with Crippen molar-refractivity contribution in [2.45, 2.75) is 12.0 Å². The molecule has 0 fully saturated rings. The molecule has 0 aromatic rings. The second kappa shape index (κ2) is 3.35. The number of methoxy groups -OCH3 is 1. The normalized spacial score (nSPS) is 33.7. The third-order valence-corrected chi connectivity index (χ3v) is 1.78. The summed E-state index contributed by atoms with van der Waals surface area (Å²) >= 11 is 0. The summed E-state index contributed by atoms with van der Waals surface area (Å²) in [5.74, 6) is -4.62. The van der Waals surface area contributed by atoms with Crippen molar-refractivity contribution in [1.82, 2.24) is 0 Å². The molecule has 1 aliphatic rings. The van der Waals surface area contributed by atoms with Crippen LogP contribution in [0.15, 0.2) is 23.6 Å². The van der Waals surface area contributed by atoms with Crippen molar-refractivity contribution in [2.75, 3.05) is 7.11 Å². The summed E-state index contributed by atoms with van der Waals surface area (Å²) in [5.41, 5.74) is -0.145. The van der Waals surface area contributed by atoms with Crippen molar-refractivity contribution < 1.29 is 23.4 Å². The highest BCUT2D eigenvalue weighted by molar-refractivity contribution is 5.76. The highest BCUT2D eigenvalue weighted by atomic mass is 19.2. The van der Waals surface area contributed by atoms with Gasteiger partial charge in [-0.05, 0) is 6.08 Å². The van der Waals surface area contributed by atoms with Crippen LogP contribution in [-0.2, 0) is 9.53 Å². The highest BCUT2D eigenvalue weighted by Gasteiger charge is 2.46. The maximum atomic E-state index is 13.2. The summed E-state index contributed by atoms with van der Waals surface area (Å²) in [5, 5.41) is 8.97. The van der Waals surface area contributed by atoms with Gasteiger partial charge in [-0.1, -0.05) is 6.08 Å². The number of aliphatic hydroxyl groups is 1. The first kappa shape index (κ1) is 10.0. The number of hydrogen-bond donors (Lipinski definition) is 1. The Morgan fingerprint density at radius 3 is 2.77 bits per heavy atom. The summed E-state index contributed by atoms with van der Waals surface area (Å²) in [7, 11) is 1.07. The summed E-state index contributed by atoms with van der Waals surface area (Å²) in [6, 6.07) is 0. The van der Waals surface area contributed by atoms with Crippen LogP contribution in [0, 0.1) is 0 Å². The Labute approximate surface area is 73.3 Å². The van der Waals surface area contributed by atoms with E-state index in [0.717, 1.165) is 13.2 Å². The van der Waals surface area contributed by atoms with Crippen LogP contribution in [0.1, 0.15) is 0 Å². The quantitative estimate of drug-likeness (QED) is 0.650. The minimum Gasteiger partial charge on any atom is -0.370 e. The zero-order valence-corrected chi connectivity index (χ0v) is 6.83. The van der Waals surface area contributed by atoms with Gasteiger partial charge in [0.05, 0.1) is 0 Å². The average Bonchev–Trinajstić information content (AvgIpc) is 2.09. The summed E-state index contributed by atoms with van der Waals surface area (Å²) < 4.78 is 30.3. The molecule has 0 aliphatic heterocycles. The zero-order chi connectivity index (χ0) is 10.1. The fourth-order valence-electron chi connectivity index (χ4n) is 1.11. The molecule has 0 heterocycles. The summed E-state index contributed by atoms with van der Waals surface area (Å²) in [6.07, 6.45) is 0.459. The lowest BCUT2D eigenvalue weighted by atomic mass is 9.97. The number of alkyl halides is 1. The van der Waals surface area contributed by atoms with E-state index >= 15 is 0 Å². The number of carbonyl (C=O) groups excluding carboxylic acids is 1. The number of carbonyl (C=O) groups is 1. The number of hydrogen-bond acceptors (Lipinski definition) is 3. The van der Waals surface area contributed by atoms with E-state index in [1.54, 1.807) is 0 Å². The van der Waals surface area contributed by atoms with E-state index in [9.17, 15) is 13.6 Å². The Morgan fingerprint density at radius 2 is 2.31 bits per heavy atom. The van der Waals surface area contributed by atoms with Crippen LogP contribution in [-0.4, -0.2) is 30.5 Å². The van der Waals surface area contributed by atoms with Crippen molar-refractivity contribution in [1.29, 1.82) is 0 Å². The van der Waals surface area contributed by atoms with Gasteiger partial charge < -0.3 is 9.84 Å². The molecule has 0 aromatic heterocycles. The zero-order valence-electron chi connectivity index (χ0n) is 6.83. The molecule has 3 nitrogen and oxygen atoms in total. The van der Waals surface area contributed by atoms with E-state index in [1.807, 2.05) is 0 Å². The van der Waals surface area contributed by atoms with Gasteiger partial charge in [-0.3, -0.25) is 4.79 Å². The molecule has 2 unspecified atom stereocenters. The Hall–Kier alpha value is -1.07. The first-order chi connectivity index (χ1) is 6.04. The van der Waals surface area contributed by atoms with Crippen LogP contribution in [0.3, 0.4) is 0 Å². The molecule has 13 heavy (non-hydrogen) atoms. The van der Waals surface area contributed by atoms with Gasteiger partial charge in [-0.2, -0.15) is 0 Å². The Bertz CT molecular complexity index is 281. The number of ether oxygens (including phenoxy) is 1. The molecular formula is C8H8F2O3. The Morgan fingerprint density at radius 1 is 1.69 bits per heavy atom. The molecule has 0 saturated carbocycles. The molecule has 0 aromatic carbocycles. The predicted octanol–water partition coefficient (Wildman–Crippen LogP) is 0.652. The fourth-order valence-corrected chi connectivity index (χ4v) is 1.11. The van der Waals surface area contributed by atoms with Gasteiger partial charge in [-0.15, -0.1) is 0 Å². The van der Waals surface area contributed by atoms with Crippen LogP contribution in [0.2, 0.25) is 0 Å². The van der Waals surface area contributed by atoms with E-state index in [2.05, 4.69) is 4.74 Å². The largest absolute Gasteiger partial charge is 0.370 e. The van der Waals surface area contributed by atoms with E-state index in [-0.39, 0.29) is 5.57 Å². The molecule has 1 N–H and O–H groups in total. The molecule has 1 aliphatic carbocycles. The third kappa shape index (κ3) is 1.52. The maximum absolute atomic E-state index is 13.2. The highest BCUT2D eigenvalue weighted by Crippen LogP contribution is 2.33. The number of aldehydes is 1. The Balaban J connectivity index is 3.10. The molecule has 0 spiro atoms. The van der Waals surface area contributed by atoms with Gasteiger partial charge in [0.25, 0.3) is 5.85 Å². The SMILES string of the molecule is COC1C(C=O)=CC=C(F)C1(O)F. The van der Waals surface area contributed by atoms with E-state index in [1.165, 1.54) is 0 Å². The second-order valence-corrected chi connectivity index (χ2v) is 2.59. The lowest BCUT2D eigenvalue weighted by Crippen LogP contribution is -2.43. The number of allylic oxidation sites excluding steroid dienone is 2. The minimum atomic E-state index is -3.25. The monoisotopic (exact) mass is 190 g/mol. The summed E-state index contributed by atoms with van der Waals surface area (Å²) in [6.45, 7) is 0. The number of rotatable bonds is 2. The molecule has 5 heteroatoms. The average molecular weight is 190 g/mol. The maximum Gasteiger partial charge on any atom is 0.290 e. The lowest BCUT2D eigenvalue weighted by molar-refractivity contribution is -0.153.